The molecule has 0 aliphatic carbocycles. The van der Waals surface area contributed by atoms with E-state index in [4.69, 9.17) is 0 Å². The maximum Gasteiger partial charge on any atom is 0.323 e. The lowest BCUT2D eigenvalue weighted by atomic mass is 10.2. The number of imidazole rings is 1. The molecule has 0 spiro atoms. The molecule has 0 saturated heterocycles. The number of benzene rings is 1. The molecule has 1 amide bonds. The van der Waals surface area contributed by atoms with Crippen LogP contribution < -0.4 is 11.0 Å². The Hall–Kier alpha value is -2.30. The highest BCUT2D eigenvalue weighted by atomic mass is 16.1. The molecule has 2 aromatic rings. The number of carbonyl (C=O) groups excluding carboxylic acids is 1. The maximum atomic E-state index is 11.1. The highest BCUT2D eigenvalue weighted by Gasteiger charge is 1.97. The molecule has 1 aromatic carbocycles. The number of nitrogens with one attached hydrogen (secondary N) is 3. The van der Waals surface area contributed by atoms with Crippen LogP contribution in [0.1, 0.15) is 18.9 Å². The molecule has 0 atom stereocenters. The van der Waals surface area contributed by atoms with Crippen molar-refractivity contribution in [2.24, 2.45) is 0 Å². The van der Waals surface area contributed by atoms with Gasteiger partial charge in [-0.2, -0.15) is 0 Å². The van der Waals surface area contributed by atoms with Gasteiger partial charge in [0, 0.05) is 13.5 Å². The fourth-order valence-electron chi connectivity index (χ4n) is 1.70. The molecule has 0 aliphatic heterocycles. The van der Waals surface area contributed by atoms with E-state index in [0.29, 0.717) is 6.54 Å². The van der Waals surface area contributed by atoms with Gasteiger partial charge in [0.25, 0.3) is 0 Å². The zero-order valence-electron chi connectivity index (χ0n) is 10.1. The minimum atomic E-state index is -0.197. The molecular weight excluding hydrogens is 230 g/mol. The molecule has 0 radical (unpaired) electrons. The van der Waals surface area contributed by atoms with Crippen molar-refractivity contribution >= 4 is 23.0 Å². The zero-order valence-corrected chi connectivity index (χ0v) is 10.1. The van der Waals surface area contributed by atoms with Crippen LogP contribution in [0.5, 0.6) is 0 Å². The van der Waals surface area contributed by atoms with E-state index in [1.165, 1.54) is 6.92 Å². The van der Waals surface area contributed by atoms with E-state index >= 15 is 0 Å². The summed E-state index contributed by atoms with van der Waals surface area (Å²) in [5.41, 5.74) is 2.41. The lowest BCUT2D eigenvalue weighted by Crippen LogP contribution is -2.20. The topological polar surface area (TPSA) is 77.8 Å². The third kappa shape index (κ3) is 3.10. The first-order valence-corrected chi connectivity index (χ1v) is 5.78. The van der Waals surface area contributed by atoms with Crippen LogP contribution >= 0.6 is 0 Å². The number of aromatic amines is 2. The summed E-state index contributed by atoms with van der Waals surface area (Å²) in [6.45, 7) is 2.13. The average Bonchev–Trinajstić information content (AvgIpc) is 2.67. The Bertz CT molecular complexity index is 637. The number of rotatable bonds is 4. The van der Waals surface area contributed by atoms with Crippen molar-refractivity contribution in [3.8, 4) is 0 Å². The molecular formula is C13H15N3O2. The van der Waals surface area contributed by atoms with Gasteiger partial charge in [-0.1, -0.05) is 18.2 Å². The standard InChI is InChI=1S/C13H15N3O2/c1-9(17)14-7-3-2-4-10-5-6-11-12(8-10)16-13(18)15-11/h2,4-6,8H,3,7H2,1H3,(H,14,17)(H2,15,16,18). The third-order valence-electron chi connectivity index (χ3n) is 2.54. The quantitative estimate of drug-likeness (QED) is 0.712. The summed E-state index contributed by atoms with van der Waals surface area (Å²) < 4.78 is 0. The molecule has 0 saturated carbocycles. The SMILES string of the molecule is CC(=O)NCCC=Cc1ccc2[nH]c(=O)[nH]c2c1. The second kappa shape index (κ2) is 5.35. The van der Waals surface area contributed by atoms with Crippen LogP contribution in [-0.4, -0.2) is 22.4 Å². The Labute approximate surface area is 104 Å². The van der Waals surface area contributed by atoms with Crippen molar-refractivity contribution in [2.75, 3.05) is 6.54 Å². The number of amides is 1. The third-order valence-corrected chi connectivity index (χ3v) is 2.54. The summed E-state index contributed by atoms with van der Waals surface area (Å²) in [6.07, 6.45) is 4.73. The van der Waals surface area contributed by atoms with E-state index < -0.39 is 0 Å². The molecule has 0 aliphatic rings. The predicted octanol–water partition coefficient (Wildman–Crippen LogP) is 1.40. The molecule has 2 rings (SSSR count). The minimum absolute atomic E-state index is 0.0188. The van der Waals surface area contributed by atoms with Gasteiger partial charge in [0.05, 0.1) is 11.0 Å². The van der Waals surface area contributed by atoms with Gasteiger partial charge >= 0.3 is 5.69 Å². The van der Waals surface area contributed by atoms with E-state index in [-0.39, 0.29) is 11.6 Å². The van der Waals surface area contributed by atoms with Crippen molar-refractivity contribution < 1.29 is 4.79 Å². The van der Waals surface area contributed by atoms with Crippen molar-refractivity contribution in [2.45, 2.75) is 13.3 Å². The van der Waals surface area contributed by atoms with Crippen LogP contribution in [-0.2, 0) is 4.79 Å². The van der Waals surface area contributed by atoms with Crippen LogP contribution in [0.4, 0.5) is 0 Å². The molecule has 1 heterocycles. The summed E-state index contributed by atoms with van der Waals surface area (Å²) in [6, 6.07) is 5.70. The highest BCUT2D eigenvalue weighted by molar-refractivity contribution is 5.77. The molecule has 1 aromatic heterocycles. The summed E-state index contributed by atoms with van der Waals surface area (Å²) >= 11 is 0. The number of H-pyrrole nitrogens is 2. The second-order valence-corrected chi connectivity index (χ2v) is 4.06. The lowest BCUT2D eigenvalue weighted by molar-refractivity contribution is -0.118. The number of carbonyl (C=O) groups is 1. The molecule has 5 nitrogen and oxygen atoms in total. The number of hydrogen-bond donors (Lipinski definition) is 3. The smallest absolute Gasteiger partial charge is 0.323 e. The normalized spacial score (nSPS) is 11.2. The van der Waals surface area contributed by atoms with E-state index in [9.17, 15) is 9.59 Å². The Morgan fingerprint density at radius 3 is 2.89 bits per heavy atom. The largest absolute Gasteiger partial charge is 0.356 e. The van der Waals surface area contributed by atoms with Crippen LogP contribution in [0, 0.1) is 0 Å². The van der Waals surface area contributed by atoms with Gasteiger partial charge in [-0.05, 0) is 24.1 Å². The van der Waals surface area contributed by atoms with Gasteiger partial charge < -0.3 is 15.3 Å². The summed E-state index contributed by atoms with van der Waals surface area (Å²) in [5.74, 6) is -0.0188. The van der Waals surface area contributed by atoms with Gasteiger partial charge in [0.15, 0.2) is 0 Å². The molecule has 0 bridgehead atoms. The molecule has 3 N–H and O–H groups in total. The van der Waals surface area contributed by atoms with Crippen molar-refractivity contribution in [1.29, 1.82) is 0 Å². The summed E-state index contributed by atoms with van der Waals surface area (Å²) in [4.78, 5) is 27.2. The monoisotopic (exact) mass is 245 g/mol. The minimum Gasteiger partial charge on any atom is -0.356 e. The fourth-order valence-corrected chi connectivity index (χ4v) is 1.70. The Morgan fingerprint density at radius 2 is 2.11 bits per heavy atom. The maximum absolute atomic E-state index is 11.1. The first-order chi connectivity index (χ1) is 8.65. The molecule has 5 heteroatoms. The molecule has 18 heavy (non-hydrogen) atoms. The van der Waals surface area contributed by atoms with Crippen LogP contribution in [0.2, 0.25) is 0 Å². The first-order valence-electron chi connectivity index (χ1n) is 5.78. The van der Waals surface area contributed by atoms with Crippen LogP contribution in [0.15, 0.2) is 29.1 Å². The van der Waals surface area contributed by atoms with Gasteiger partial charge in [-0.25, -0.2) is 4.79 Å². The molecule has 0 fully saturated rings. The number of fused-ring (bicyclic) bond motifs is 1. The van der Waals surface area contributed by atoms with Gasteiger partial charge in [0.1, 0.15) is 0 Å². The lowest BCUT2D eigenvalue weighted by Gasteiger charge is -1.97. The number of hydrogen-bond acceptors (Lipinski definition) is 2. The Morgan fingerprint density at radius 1 is 1.33 bits per heavy atom. The number of aromatic nitrogens is 2. The first kappa shape index (κ1) is 12.2. The van der Waals surface area contributed by atoms with E-state index in [0.717, 1.165) is 23.0 Å². The highest BCUT2D eigenvalue weighted by Crippen LogP contribution is 2.11. The second-order valence-electron chi connectivity index (χ2n) is 4.06. The van der Waals surface area contributed by atoms with Gasteiger partial charge in [-0.15, -0.1) is 0 Å². The Balaban J connectivity index is 2.00. The van der Waals surface area contributed by atoms with Gasteiger partial charge in [0.2, 0.25) is 5.91 Å². The fraction of sp³-hybridized carbons (Fsp3) is 0.231. The van der Waals surface area contributed by atoms with Crippen molar-refractivity contribution in [3.05, 3.63) is 40.3 Å². The molecule has 94 valence electrons. The van der Waals surface area contributed by atoms with E-state index in [2.05, 4.69) is 15.3 Å². The Kier molecular flexibility index (Phi) is 3.62. The molecule has 0 unspecified atom stereocenters. The van der Waals surface area contributed by atoms with Crippen LogP contribution in [0.3, 0.4) is 0 Å². The van der Waals surface area contributed by atoms with Crippen molar-refractivity contribution in [1.82, 2.24) is 15.3 Å². The zero-order chi connectivity index (χ0) is 13.0. The van der Waals surface area contributed by atoms with Crippen molar-refractivity contribution in [3.63, 3.8) is 0 Å². The summed E-state index contributed by atoms with van der Waals surface area (Å²) in [5, 5.41) is 2.72. The van der Waals surface area contributed by atoms with Crippen LogP contribution in [0.25, 0.3) is 17.1 Å². The van der Waals surface area contributed by atoms with E-state index in [1.807, 2.05) is 30.4 Å². The van der Waals surface area contributed by atoms with Gasteiger partial charge in [-0.3, -0.25) is 4.79 Å². The predicted molar refractivity (Wildman–Crippen MR) is 71.3 cm³/mol. The average molecular weight is 245 g/mol. The summed E-state index contributed by atoms with van der Waals surface area (Å²) in [7, 11) is 0. The van der Waals surface area contributed by atoms with E-state index in [1.54, 1.807) is 0 Å².